The summed E-state index contributed by atoms with van der Waals surface area (Å²) in [5, 5.41) is 0. The van der Waals surface area contributed by atoms with Gasteiger partial charge >= 0.3 is 0 Å². The fourth-order valence-corrected chi connectivity index (χ4v) is 4.32. The Morgan fingerprint density at radius 3 is 2.38 bits per heavy atom. The van der Waals surface area contributed by atoms with Gasteiger partial charge in [0.2, 0.25) is 0 Å². The molecule has 0 amide bonds. The molecule has 1 aromatic carbocycles. The predicted octanol–water partition coefficient (Wildman–Crippen LogP) is 6.59. The van der Waals surface area contributed by atoms with Crippen LogP contribution in [-0.2, 0) is 6.42 Å². The van der Waals surface area contributed by atoms with E-state index in [9.17, 15) is 4.39 Å². The summed E-state index contributed by atoms with van der Waals surface area (Å²) in [6, 6.07) is 5.34. The average molecular weight is 376 g/mol. The topological polar surface area (TPSA) is 0 Å². The third kappa shape index (κ3) is 4.22. The molecule has 0 atom stereocenters. The van der Waals surface area contributed by atoms with Gasteiger partial charge in [0.15, 0.2) is 0 Å². The molecule has 0 aromatic heterocycles. The molecule has 1 fully saturated rings. The van der Waals surface area contributed by atoms with Crippen LogP contribution in [0.2, 0.25) is 0 Å². The minimum atomic E-state index is -0.199. The zero-order valence-corrected chi connectivity index (χ0v) is 15.5. The largest absolute Gasteiger partial charge is 0.206 e. The minimum Gasteiger partial charge on any atom is -0.206 e. The molecule has 2 rings (SSSR count). The Hall–Kier alpha value is -0.0800. The van der Waals surface area contributed by atoms with Crippen LogP contribution in [0.1, 0.15) is 52.0 Å². The van der Waals surface area contributed by atoms with Crippen LogP contribution in [0.4, 0.5) is 4.39 Å². The lowest BCUT2D eigenvalue weighted by Crippen LogP contribution is -2.35. The lowest BCUT2D eigenvalue weighted by Gasteiger charge is -2.43. The number of alkyl halides is 1. The molecule has 0 nitrogen and oxygen atoms in total. The Bertz CT molecular complexity index is 484. The van der Waals surface area contributed by atoms with Crippen LogP contribution in [0.25, 0.3) is 0 Å². The highest BCUT2D eigenvalue weighted by Gasteiger charge is 2.38. The summed E-state index contributed by atoms with van der Waals surface area (Å²) in [6.07, 6.45) is 5.80. The highest BCUT2D eigenvalue weighted by molar-refractivity contribution is 9.10. The Balaban J connectivity index is 2.08. The summed E-state index contributed by atoms with van der Waals surface area (Å²) in [5.74, 6) is 1.28. The van der Waals surface area contributed by atoms with Crippen LogP contribution in [0.5, 0.6) is 0 Å². The molecule has 1 saturated carbocycles. The van der Waals surface area contributed by atoms with Gasteiger partial charge in [-0.1, -0.05) is 26.8 Å². The van der Waals surface area contributed by atoms with Gasteiger partial charge in [-0.05, 0) is 82.5 Å². The van der Waals surface area contributed by atoms with Gasteiger partial charge in [-0.25, -0.2) is 4.39 Å². The Labute approximate surface area is 141 Å². The van der Waals surface area contributed by atoms with Crippen LogP contribution < -0.4 is 0 Å². The molecular weight excluding hydrogens is 351 g/mol. The number of hydrogen-bond acceptors (Lipinski definition) is 0. The molecule has 0 radical (unpaired) electrons. The second kappa shape index (κ2) is 6.58. The van der Waals surface area contributed by atoms with Crippen LogP contribution in [-0.4, -0.2) is 5.88 Å². The Morgan fingerprint density at radius 1 is 1.29 bits per heavy atom. The summed E-state index contributed by atoms with van der Waals surface area (Å²) in [5.41, 5.74) is 1.75. The van der Waals surface area contributed by atoms with Crippen LogP contribution in [0, 0.1) is 22.6 Å². The maximum absolute atomic E-state index is 13.4. The van der Waals surface area contributed by atoms with E-state index in [1.54, 1.807) is 6.07 Å². The van der Waals surface area contributed by atoms with Crippen molar-refractivity contribution in [3.8, 4) is 0 Å². The first-order valence-electron chi connectivity index (χ1n) is 7.76. The Kier molecular flexibility index (Phi) is 5.41. The molecule has 1 aliphatic rings. The van der Waals surface area contributed by atoms with E-state index in [2.05, 4.69) is 36.7 Å². The summed E-state index contributed by atoms with van der Waals surface area (Å²) in [7, 11) is 0. The molecule has 1 aliphatic carbocycles. The number of hydrogen-bond donors (Lipinski definition) is 0. The van der Waals surface area contributed by atoms with Gasteiger partial charge in [0.05, 0.1) is 4.47 Å². The summed E-state index contributed by atoms with van der Waals surface area (Å²) in [4.78, 5) is 0. The van der Waals surface area contributed by atoms with Gasteiger partial charge in [-0.15, -0.1) is 11.6 Å². The maximum atomic E-state index is 13.4. The van der Waals surface area contributed by atoms with Gasteiger partial charge in [0, 0.05) is 5.88 Å². The molecule has 21 heavy (non-hydrogen) atoms. The first kappa shape index (κ1) is 17.3. The quantitative estimate of drug-likeness (QED) is 0.523. The molecule has 118 valence electrons. The highest BCUT2D eigenvalue weighted by atomic mass is 79.9. The molecule has 1 aromatic rings. The van der Waals surface area contributed by atoms with Crippen molar-refractivity contribution in [1.29, 1.82) is 0 Å². The highest BCUT2D eigenvalue weighted by Crippen LogP contribution is 2.47. The Morgan fingerprint density at radius 2 is 1.90 bits per heavy atom. The van der Waals surface area contributed by atoms with E-state index < -0.39 is 0 Å². The first-order chi connectivity index (χ1) is 9.76. The normalized spacial score (nSPS) is 26.9. The molecule has 0 unspecified atom stereocenters. The monoisotopic (exact) mass is 374 g/mol. The van der Waals surface area contributed by atoms with Gasteiger partial charge in [0.1, 0.15) is 5.82 Å². The third-order valence-corrected chi connectivity index (χ3v) is 6.29. The molecule has 3 heteroatoms. The standard InChI is InChI=1S/C18H25BrClF/c1-17(2,3)14-6-8-18(12-20,9-7-14)11-13-4-5-16(21)15(19)10-13/h4-5,10,14H,6-9,11-12H2,1-3H3. The number of halogens is 3. The number of benzene rings is 1. The van der Waals surface area contributed by atoms with Gasteiger partial charge in [-0.3, -0.25) is 0 Å². The first-order valence-corrected chi connectivity index (χ1v) is 9.08. The average Bonchev–Trinajstić information content (AvgIpc) is 2.42. The molecule has 0 spiro atoms. The summed E-state index contributed by atoms with van der Waals surface area (Å²) < 4.78 is 13.9. The van der Waals surface area contributed by atoms with E-state index >= 15 is 0 Å². The summed E-state index contributed by atoms with van der Waals surface area (Å²) in [6.45, 7) is 7.01. The molecule has 0 aliphatic heterocycles. The fourth-order valence-electron chi connectivity index (χ4n) is 3.54. The van der Waals surface area contributed by atoms with E-state index in [4.69, 9.17) is 11.6 Å². The van der Waals surface area contributed by atoms with Crippen molar-refractivity contribution >= 4 is 27.5 Å². The van der Waals surface area contributed by atoms with Crippen LogP contribution in [0.3, 0.4) is 0 Å². The van der Waals surface area contributed by atoms with E-state index in [0.29, 0.717) is 15.8 Å². The molecule has 0 heterocycles. The van der Waals surface area contributed by atoms with Crippen molar-refractivity contribution in [1.82, 2.24) is 0 Å². The predicted molar refractivity (Wildman–Crippen MR) is 92.4 cm³/mol. The molecule has 0 N–H and O–H groups in total. The number of rotatable bonds is 3. The van der Waals surface area contributed by atoms with Gasteiger partial charge in [-0.2, -0.15) is 0 Å². The second-order valence-corrected chi connectivity index (χ2v) is 8.82. The smallest absolute Gasteiger partial charge is 0.137 e. The van der Waals surface area contributed by atoms with Crippen molar-refractivity contribution in [2.45, 2.75) is 52.9 Å². The van der Waals surface area contributed by atoms with Crippen LogP contribution in [0.15, 0.2) is 22.7 Å². The van der Waals surface area contributed by atoms with Crippen molar-refractivity contribution in [3.63, 3.8) is 0 Å². The zero-order chi connectivity index (χ0) is 15.7. The third-order valence-electron chi connectivity index (χ3n) is 5.12. The van der Waals surface area contributed by atoms with Crippen molar-refractivity contribution < 1.29 is 4.39 Å². The summed E-state index contributed by atoms with van der Waals surface area (Å²) >= 11 is 9.61. The van der Waals surface area contributed by atoms with E-state index in [-0.39, 0.29) is 11.2 Å². The van der Waals surface area contributed by atoms with Crippen molar-refractivity contribution in [2.75, 3.05) is 5.88 Å². The van der Waals surface area contributed by atoms with Crippen LogP contribution >= 0.6 is 27.5 Å². The minimum absolute atomic E-state index is 0.181. The van der Waals surface area contributed by atoms with Crippen molar-refractivity contribution in [3.05, 3.63) is 34.1 Å². The zero-order valence-electron chi connectivity index (χ0n) is 13.2. The lowest BCUT2D eigenvalue weighted by molar-refractivity contribution is 0.102. The van der Waals surface area contributed by atoms with Gasteiger partial charge < -0.3 is 0 Å². The molecule has 0 saturated heterocycles. The van der Waals surface area contributed by atoms with E-state index in [1.807, 2.05) is 12.1 Å². The van der Waals surface area contributed by atoms with E-state index in [0.717, 1.165) is 12.3 Å². The van der Waals surface area contributed by atoms with E-state index in [1.165, 1.54) is 31.2 Å². The fraction of sp³-hybridized carbons (Fsp3) is 0.667. The second-order valence-electron chi connectivity index (χ2n) is 7.70. The SMILES string of the molecule is CC(C)(C)C1CCC(CCl)(Cc2ccc(F)c(Br)c2)CC1. The van der Waals surface area contributed by atoms with Crippen molar-refractivity contribution in [2.24, 2.45) is 16.7 Å². The maximum Gasteiger partial charge on any atom is 0.137 e. The molecule has 0 bridgehead atoms. The van der Waals surface area contributed by atoms with Gasteiger partial charge in [0.25, 0.3) is 0 Å². The lowest BCUT2D eigenvalue weighted by atomic mass is 9.63. The molecular formula is C18H25BrClF.